The summed E-state index contributed by atoms with van der Waals surface area (Å²) in [5.41, 5.74) is 7.38. The molecule has 2 aromatic rings. The van der Waals surface area contributed by atoms with E-state index in [2.05, 4.69) is 64.1 Å². The van der Waals surface area contributed by atoms with Gasteiger partial charge in [0.2, 0.25) is 11.9 Å². The smallest absolute Gasteiger partial charge is 0.230 e. The lowest BCUT2D eigenvalue weighted by atomic mass is 10.2. The molecule has 0 spiro atoms. The molecule has 6 nitrogen and oxygen atoms in total. The quantitative estimate of drug-likeness (QED) is 0.693. The van der Waals surface area contributed by atoms with Gasteiger partial charge in [0.1, 0.15) is 5.82 Å². The number of hydrogen-bond acceptors (Lipinski definition) is 7. The SMILES string of the molecule is CCCCC(SCc1ccccc1)c1nc(N)nc(N2CCN(C)CC2)n1.Cl. The number of aromatic nitrogens is 3. The van der Waals surface area contributed by atoms with Gasteiger partial charge in [-0.25, -0.2) is 0 Å². The maximum atomic E-state index is 6.06. The van der Waals surface area contributed by atoms with Crippen LogP contribution < -0.4 is 10.6 Å². The molecule has 0 aliphatic carbocycles. The van der Waals surface area contributed by atoms with Crippen LogP contribution >= 0.6 is 24.2 Å². The van der Waals surface area contributed by atoms with Crippen LogP contribution in [0.15, 0.2) is 30.3 Å². The third-order valence-corrected chi connectivity index (χ3v) is 6.20. The van der Waals surface area contributed by atoms with Crippen LogP contribution in [0.25, 0.3) is 0 Å². The van der Waals surface area contributed by atoms with Gasteiger partial charge in [0.05, 0.1) is 5.25 Å². The number of piperazine rings is 1. The predicted octanol–water partition coefficient (Wildman–Crippen LogP) is 3.79. The van der Waals surface area contributed by atoms with E-state index in [1.54, 1.807) is 0 Å². The fourth-order valence-corrected chi connectivity index (χ4v) is 4.31. The predicted molar refractivity (Wildman–Crippen MR) is 121 cm³/mol. The second-order valence-corrected chi connectivity index (χ2v) is 8.26. The molecule has 2 heterocycles. The van der Waals surface area contributed by atoms with Crippen LogP contribution in [0.3, 0.4) is 0 Å². The van der Waals surface area contributed by atoms with E-state index in [1.807, 2.05) is 11.8 Å². The van der Waals surface area contributed by atoms with E-state index in [0.29, 0.717) is 5.95 Å². The number of nitrogens with two attached hydrogens (primary N) is 1. The van der Waals surface area contributed by atoms with Gasteiger partial charge >= 0.3 is 0 Å². The highest BCUT2D eigenvalue weighted by molar-refractivity contribution is 7.98. The second-order valence-electron chi connectivity index (χ2n) is 7.07. The number of thioether (sulfide) groups is 1. The highest BCUT2D eigenvalue weighted by Gasteiger charge is 2.21. The summed E-state index contributed by atoms with van der Waals surface area (Å²) < 4.78 is 0. The third-order valence-electron chi connectivity index (χ3n) is 4.85. The van der Waals surface area contributed by atoms with E-state index < -0.39 is 0 Å². The molecule has 1 aliphatic rings. The fraction of sp³-hybridized carbons (Fsp3) is 0.550. The molecular formula is C20H31ClN6S. The minimum absolute atomic E-state index is 0. The molecule has 2 N–H and O–H groups in total. The molecule has 0 amide bonds. The van der Waals surface area contributed by atoms with E-state index in [-0.39, 0.29) is 17.7 Å². The Balaban J connectivity index is 0.00000280. The van der Waals surface area contributed by atoms with Gasteiger partial charge in [-0.05, 0) is 19.0 Å². The van der Waals surface area contributed by atoms with Crippen LogP contribution in [0, 0.1) is 0 Å². The molecule has 0 bridgehead atoms. The van der Waals surface area contributed by atoms with Gasteiger partial charge in [-0.15, -0.1) is 24.2 Å². The average molecular weight is 423 g/mol. The van der Waals surface area contributed by atoms with Gasteiger partial charge in [0, 0.05) is 31.9 Å². The summed E-state index contributed by atoms with van der Waals surface area (Å²) in [7, 11) is 2.14. The van der Waals surface area contributed by atoms with Crippen LogP contribution in [0.1, 0.15) is 42.8 Å². The van der Waals surface area contributed by atoms with Crippen LogP contribution in [0.2, 0.25) is 0 Å². The standard InChI is InChI=1S/C20H30N6S.ClH/c1-3-4-10-17(27-15-16-8-6-5-7-9-16)18-22-19(21)24-20(23-18)26-13-11-25(2)12-14-26;/h5-9,17H,3-4,10-15H2,1-2H3,(H2,21,22,23,24);1H. The monoisotopic (exact) mass is 422 g/mol. The number of nitrogen functional groups attached to an aromatic ring is 1. The molecule has 8 heteroatoms. The van der Waals surface area contributed by atoms with Crippen LogP contribution in [-0.4, -0.2) is 53.1 Å². The van der Waals surface area contributed by atoms with Crippen molar-refractivity contribution in [3.8, 4) is 0 Å². The van der Waals surface area contributed by atoms with Gasteiger partial charge in [0.25, 0.3) is 0 Å². The van der Waals surface area contributed by atoms with Crippen molar-refractivity contribution in [3.63, 3.8) is 0 Å². The molecule has 1 saturated heterocycles. The van der Waals surface area contributed by atoms with Gasteiger partial charge in [-0.1, -0.05) is 50.1 Å². The minimum Gasteiger partial charge on any atom is -0.368 e. The Morgan fingerprint density at radius 2 is 1.79 bits per heavy atom. The van der Waals surface area contributed by atoms with Crippen LogP contribution in [-0.2, 0) is 5.75 Å². The minimum atomic E-state index is 0. The van der Waals surface area contributed by atoms with Gasteiger partial charge in [0.15, 0.2) is 0 Å². The first-order valence-corrected chi connectivity index (χ1v) is 10.8. The highest BCUT2D eigenvalue weighted by atomic mass is 35.5. The summed E-state index contributed by atoms with van der Waals surface area (Å²) in [5.74, 6) is 2.83. The van der Waals surface area contributed by atoms with Crippen LogP contribution in [0.5, 0.6) is 0 Å². The molecule has 1 unspecified atom stereocenters. The first-order chi connectivity index (χ1) is 13.2. The van der Waals surface area contributed by atoms with Crippen molar-refractivity contribution in [2.75, 3.05) is 43.9 Å². The zero-order valence-corrected chi connectivity index (χ0v) is 18.4. The maximum absolute atomic E-state index is 6.06. The number of hydrogen-bond donors (Lipinski definition) is 1. The summed E-state index contributed by atoms with van der Waals surface area (Å²) in [6.45, 7) is 6.11. The number of nitrogens with zero attached hydrogens (tertiary/aromatic N) is 5. The number of halogens is 1. The van der Waals surface area contributed by atoms with Gasteiger partial charge < -0.3 is 15.5 Å². The van der Waals surface area contributed by atoms with E-state index in [1.165, 1.54) is 5.56 Å². The third kappa shape index (κ3) is 6.50. The zero-order chi connectivity index (χ0) is 19.1. The van der Waals surface area contributed by atoms with Crippen molar-refractivity contribution < 1.29 is 0 Å². The molecule has 0 radical (unpaired) electrons. The molecule has 28 heavy (non-hydrogen) atoms. The largest absolute Gasteiger partial charge is 0.368 e. The normalized spacial score (nSPS) is 15.9. The second kappa shape index (κ2) is 11.4. The Hall–Kier alpha value is -1.57. The molecule has 3 rings (SSSR count). The van der Waals surface area contributed by atoms with Crippen molar-refractivity contribution in [1.29, 1.82) is 0 Å². The summed E-state index contributed by atoms with van der Waals surface area (Å²) in [5, 5.41) is 0.238. The highest BCUT2D eigenvalue weighted by Crippen LogP contribution is 2.34. The first kappa shape index (κ1) is 22.7. The van der Waals surface area contributed by atoms with E-state index in [0.717, 1.165) is 63.0 Å². The number of rotatable bonds is 8. The summed E-state index contributed by atoms with van der Waals surface area (Å²) in [4.78, 5) is 18.3. The molecule has 1 aromatic carbocycles. The average Bonchev–Trinajstić information content (AvgIpc) is 2.69. The van der Waals surface area contributed by atoms with Crippen molar-refractivity contribution in [1.82, 2.24) is 19.9 Å². The fourth-order valence-electron chi connectivity index (χ4n) is 3.14. The van der Waals surface area contributed by atoms with Crippen molar-refractivity contribution in [3.05, 3.63) is 41.7 Å². The molecule has 1 aliphatic heterocycles. The lowest BCUT2D eigenvalue weighted by Crippen LogP contribution is -2.45. The molecule has 154 valence electrons. The Labute approximate surface area is 178 Å². The summed E-state index contributed by atoms with van der Waals surface area (Å²) >= 11 is 1.90. The zero-order valence-electron chi connectivity index (χ0n) is 16.8. The molecule has 1 atom stereocenters. The van der Waals surface area contributed by atoms with Crippen molar-refractivity contribution in [2.24, 2.45) is 0 Å². The molecule has 1 aromatic heterocycles. The Morgan fingerprint density at radius 1 is 1.07 bits per heavy atom. The number of benzene rings is 1. The molecule has 1 fully saturated rings. The van der Waals surface area contributed by atoms with Crippen LogP contribution in [0.4, 0.5) is 11.9 Å². The Bertz CT molecular complexity index is 709. The number of anilines is 2. The summed E-state index contributed by atoms with van der Waals surface area (Å²) in [6.07, 6.45) is 3.37. The van der Waals surface area contributed by atoms with Crippen molar-refractivity contribution >= 4 is 36.1 Å². The van der Waals surface area contributed by atoms with Gasteiger partial charge in [-0.2, -0.15) is 15.0 Å². The number of unbranched alkanes of at least 4 members (excludes halogenated alkanes) is 1. The topological polar surface area (TPSA) is 71.2 Å². The van der Waals surface area contributed by atoms with Gasteiger partial charge in [-0.3, -0.25) is 0 Å². The maximum Gasteiger partial charge on any atom is 0.230 e. The van der Waals surface area contributed by atoms with Crippen molar-refractivity contribution in [2.45, 2.75) is 37.2 Å². The molecule has 0 saturated carbocycles. The first-order valence-electron chi connectivity index (χ1n) is 9.76. The van der Waals surface area contributed by atoms with E-state index in [4.69, 9.17) is 10.7 Å². The Morgan fingerprint density at radius 3 is 2.46 bits per heavy atom. The lowest BCUT2D eigenvalue weighted by molar-refractivity contribution is 0.311. The Kier molecular flexibility index (Phi) is 9.28. The number of likely N-dealkylation sites (N-methyl/N-ethyl adjacent to an activating group) is 1. The summed E-state index contributed by atoms with van der Waals surface area (Å²) in [6, 6.07) is 10.6. The molecular weight excluding hydrogens is 392 g/mol. The lowest BCUT2D eigenvalue weighted by Gasteiger charge is -2.32. The van der Waals surface area contributed by atoms with E-state index in [9.17, 15) is 0 Å². The van der Waals surface area contributed by atoms with E-state index >= 15 is 0 Å².